The number of fused-ring (bicyclic) bond motifs is 3. The van der Waals surface area contributed by atoms with E-state index in [2.05, 4.69) is 4.98 Å². The van der Waals surface area contributed by atoms with Gasteiger partial charge in [-0.05, 0) is 26.0 Å². The lowest BCUT2D eigenvalue weighted by atomic mass is 10.1. The molecule has 3 rings (SSSR count). The van der Waals surface area contributed by atoms with Gasteiger partial charge in [0.15, 0.2) is 5.16 Å². The van der Waals surface area contributed by atoms with Gasteiger partial charge in [0.1, 0.15) is 5.78 Å². The zero-order valence-corrected chi connectivity index (χ0v) is 16.4. The molecule has 6 nitrogen and oxygen atoms in total. The maximum atomic E-state index is 13.1. The molecule has 2 heterocycles. The zero-order chi connectivity index (χ0) is 18.0. The lowest BCUT2D eigenvalue weighted by Crippen LogP contribution is -2.27. The van der Waals surface area contributed by atoms with Crippen LogP contribution in [0.3, 0.4) is 0 Å². The van der Waals surface area contributed by atoms with Gasteiger partial charge in [0.2, 0.25) is 0 Å². The monoisotopic (exact) mass is 382 g/mol. The summed E-state index contributed by atoms with van der Waals surface area (Å²) >= 11 is 1.45. The second-order valence-electron chi connectivity index (χ2n) is 5.81. The summed E-state index contributed by atoms with van der Waals surface area (Å²) in [5.41, 5.74) is 1.82. The predicted octanol–water partition coefficient (Wildman–Crippen LogP) is 4.30. The smallest absolute Gasteiger partial charge is 0.314 e. The van der Waals surface area contributed by atoms with E-state index in [0.29, 0.717) is 19.6 Å². The second-order valence-corrected chi connectivity index (χ2v) is 9.02. The molecule has 0 N–H and O–H groups in total. The highest BCUT2D eigenvalue weighted by Gasteiger charge is 2.43. The summed E-state index contributed by atoms with van der Waals surface area (Å²) in [6, 6.07) is 7.51. The molecule has 0 saturated carbocycles. The van der Waals surface area contributed by atoms with Crippen LogP contribution in [0, 0.1) is 0 Å². The minimum absolute atomic E-state index is 0.129. The summed E-state index contributed by atoms with van der Waals surface area (Å²) in [6.45, 7) is 6.05. The Bertz CT molecular complexity index is 812. The molecule has 136 valence electrons. The summed E-state index contributed by atoms with van der Waals surface area (Å²) in [5, 5.41) is 0.476. The Morgan fingerprint density at radius 1 is 1.24 bits per heavy atom. The van der Waals surface area contributed by atoms with Crippen LogP contribution in [0.4, 0.5) is 0 Å². The summed E-state index contributed by atoms with van der Waals surface area (Å²) in [6.07, 6.45) is 0.607. The average molecular weight is 382 g/mol. The number of hydrogen-bond donors (Lipinski definition) is 0. The third-order valence-electron chi connectivity index (χ3n) is 4.20. The Balaban J connectivity index is 2.03. The summed E-state index contributed by atoms with van der Waals surface area (Å²) < 4.78 is 26.1. The summed E-state index contributed by atoms with van der Waals surface area (Å²) in [5.74, 6) is 0.129. The minimum atomic E-state index is -3.28. The molecular formula is C17H23N2O4PS. The van der Waals surface area contributed by atoms with Crippen LogP contribution in [0.2, 0.25) is 0 Å². The standard InChI is InChI=1S/C17H23N2O4PS/c1-4-15(20)16-14(11-24(21,22-5-2)23-6-3)19-13-10-8-7-9-12(13)18-17(19)25-16/h7-10,14,16H,4-6,11H2,1-3H3/t14-,16+/m0/s1. The Morgan fingerprint density at radius 3 is 2.56 bits per heavy atom. The van der Waals surface area contributed by atoms with E-state index in [4.69, 9.17) is 9.05 Å². The second kappa shape index (κ2) is 7.62. The van der Waals surface area contributed by atoms with E-state index in [1.54, 1.807) is 13.8 Å². The number of rotatable bonds is 8. The molecule has 1 aromatic heterocycles. The lowest BCUT2D eigenvalue weighted by Gasteiger charge is -2.25. The number of aromatic nitrogens is 2. The van der Waals surface area contributed by atoms with Crippen LogP contribution in [0.25, 0.3) is 11.0 Å². The van der Waals surface area contributed by atoms with Gasteiger partial charge in [-0.2, -0.15) is 0 Å². The van der Waals surface area contributed by atoms with E-state index in [1.807, 2.05) is 35.8 Å². The molecule has 1 aliphatic heterocycles. The first-order valence-corrected chi connectivity index (χ1v) is 11.2. The van der Waals surface area contributed by atoms with Crippen LogP contribution < -0.4 is 0 Å². The van der Waals surface area contributed by atoms with E-state index in [1.165, 1.54) is 11.8 Å². The van der Waals surface area contributed by atoms with Gasteiger partial charge >= 0.3 is 7.60 Å². The topological polar surface area (TPSA) is 70.4 Å². The molecule has 0 aliphatic carbocycles. The van der Waals surface area contributed by atoms with Crippen LogP contribution in [0.5, 0.6) is 0 Å². The third kappa shape index (κ3) is 3.56. The van der Waals surface area contributed by atoms with Crippen molar-refractivity contribution in [2.24, 2.45) is 0 Å². The van der Waals surface area contributed by atoms with Gasteiger partial charge < -0.3 is 13.6 Å². The Hall–Kier alpha value is -1.14. The fourth-order valence-electron chi connectivity index (χ4n) is 3.18. The van der Waals surface area contributed by atoms with Crippen molar-refractivity contribution >= 4 is 36.2 Å². The maximum Gasteiger partial charge on any atom is 0.332 e. The predicted molar refractivity (Wildman–Crippen MR) is 99.4 cm³/mol. The van der Waals surface area contributed by atoms with E-state index in [0.717, 1.165) is 16.2 Å². The minimum Gasteiger partial charge on any atom is -0.314 e. The Kier molecular flexibility index (Phi) is 5.68. The molecule has 0 bridgehead atoms. The molecule has 0 unspecified atom stereocenters. The third-order valence-corrected chi connectivity index (χ3v) is 7.66. The molecule has 1 aliphatic rings. The number of hydrogen-bond acceptors (Lipinski definition) is 6. The zero-order valence-electron chi connectivity index (χ0n) is 14.7. The van der Waals surface area contributed by atoms with Crippen molar-refractivity contribution in [2.75, 3.05) is 19.4 Å². The molecule has 1 aromatic carbocycles. The first-order valence-electron chi connectivity index (χ1n) is 8.57. The fourth-order valence-corrected chi connectivity index (χ4v) is 6.62. The van der Waals surface area contributed by atoms with Crippen molar-refractivity contribution < 1.29 is 18.4 Å². The quantitative estimate of drug-likeness (QED) is 0.634. The van der Waals surface area contributed by atoms with Crippen LogP contribution in [0.15, 0.2) is 29.4 Å². The van der Waals surface area contributed by atoms with Crippen molar-refractivity contribution in [3.8, 4) is 0 Å². The van der Waals surface area contributed by atoms with E-state index < -0.39 is 7.60 Å². The molecule has 0 amide bonds. The van der Waals surface area contributed by atoms with Gasteiger partial charge in [-0.1, -0.05) is 30.8 Å². The van der Waals surface area contributed by atoms with Crippen molar-refractivity contribution in [3.63, 3.8) is 0 Å². The van der Waals surface area contributed by atoms with Gasteiger partial charge in [-0.25, -0.2) is 4.98 Å². The highest BCUT2D eigenvalue weighted by Crippen LogP contribution is 2.55. The number of nitrogens with zero attached hydrogens (tertiary/aromatic N) is 2. The van der Waals surface area contributed by atoms with Gasteiger partial charge in [-0.15, -0.1) is 0 Å². The van der Waals surface area contributed by atoms with E-state index >= 15 is 0 Å². The van der Waals surface area contributed by atoms with Gasteiger partial charge in [-0.3, -0.25) is 9.36 Å². The molecule has 0 saturated heterocycles. The number of thioether (sulfide) groups is 1. The van der Waals surface area contributed by atoms with Gasteiger partial charge in [0.05, 0.1) is 41.7 Å². The number of para-hydroxylation sites is 2. The first-order chi connectivity index (χ1) is 12.0. The Labute approximate surface area is 151 Å². The molecular weight excluding hydrogens is 359 g/mol. The lowest BCUT2D eigenvalue weighted by molar-refractivity contribution is -0.118. The Morgan fingerprint density at radius 2 is 1.92 bits per heavy atom. The van der Waals surface area contributed by atoms with Crippen LogP contribution in [-0.2, 0) is 18.4 Å². The molecule has 2 aromatic rings. The van der Waals surface area contributed by atoms with E-state index in [9.17, 15) is 9.36 Å². The van der Waals surface area contributed by atoms with Gasteiger partial charge in [0.25, 0.3) is 0 Å². The SMILES string of the molecule is CCOP(=O)(C[C@H]1[C@H](C(=O)CC)Sc2nc3ccccc3n21)OCC. The number of imidazole rings is 1. The van der Waals surface area contributed by atoms with E-state index in [-0.39, 0.29) is 23.2 Å². The maximum absolute atomic E-state index is 13.1. The van der Waals surface area contributed by atoms with Crippen molar-refractivity contribution in [2.45, 2.75) is 43.6 Å². The molecule has 25 heavy (non-hydrogen) atoms. The molecule has 0 spiro atoms. The normalized spacial score (nSPS) is 20.1. The highest BCUT2D eigenvalue weighted by atomic mass is 32.2. The number of benzene rings is 1. The van der Waals surface area contributed by atoms with Crippen molar-refractivity contribution in [1.82, 2.24) is 9.55 Å². The fraction of sp³-hybridized carbons (Fsp3) is 0.529. The average Bonchev–Trinajstić information content (AvgIpc) is 3.11. The molecule has 0 radical (unpaired) electrons. The largest absolute Gasteiger partial charge is 0.332 e. The molecule has 8 heteroatoms. The van der Waals surface area contributed by atoms with Crippen molar-refractivity contribution in [1.29, 1.82) is 0 Å². The highest BCUT2D eigenvalue weighted by molar-refractivity contribution is 8.00. The molecule has 0 fully saturated rings. The number of Topliss-reactive ketones (excluding diaryl/α,β-unsaturated/α-hetero) is 1. The first kappa shape index (κ1) is 18.6. The summed E-state index contributed by atoms with van der Waals surface area (Å²) in [4.78, 5) is 17.1. The van der Waals surface area contributed by atoms with Crippen LogP contribution in [-0.4, -0.2) is 40.0 Å². The van der Waals surface area contributed by atoms with Crippen LogP contribution in [0.1, 0.15) is 33.2 Å². The molecule has 2 atom stereocenters. The summed E-state index contributed by atoms with van der Waals surface area (Å²) in [7, 11) is -3.28. The van der Waals surface area contributed by atoms with Crippen LogP contribution >= 0.6 is 19.4 Å². The number of carbonyl (C=O) groups is 1. The van der Waals surface area contributed by atoms with Crippen molar-refractivity contribution in [3.05, 3.63) is 24.3 Å². The van der Waals surface area contributed by atoms with Gasteiger partial charge in [0, 0.05) is 6.42 Å². The number of carbonyl (C=O) groups excluding carboxylic acids is 1. The number of ketones is 1.